The molecule has 3 nitrogen and oxygen atoms in total. The monoisotopic (exact) mass is 180 g/mol. The van der Waals surface area contributed by atoms with E-state index in [2.05, 4.69) is 18.8 Å². The van der Waals surface area contributed by atoms with Gasteiger partial charge in [0, 0.05) is 12.6 Å². The van der Waals surface area contributed by atoms with E-state index in [1.807, 2.05) is 10.8 Å². The summed E-state index contributed by atoms with van der Waals surface area (Å²) in [6.45, 7) is 4.25. The number of imidazole rings is 1. The van der Waals surface area contributed by atoms with Gasteiger partial charge in [0.15, 0.2) is 0 Å². The molecule has 1 N–H and O–H groups in total. The van der Waals surface area contributed by atoms with Crippen molar-refractivity contribution in [1.29, 1.82) is 0 Å². The van der Waals surface area contributed by atoms with Crippen LogP contribution in [0.5, 0.6) is 0 Å². The van der Waals surface area contributed by atoms with E-state index in [1.165, 1.54) is 0 Å². The fraction of sp³-hybridized carbons (Fsp3) is 0.700. The highest BCUT2D eigenvalue weighted by Gasteiger charge is 2.19. The van der Waals surface area contributed by atoms with Gasteiger partial charge in [0.05, 0.1) is 5.69 Å². The second-order valence-corrected chi connectivity index (χ2v) is 4.02. The maximum Gasteiger partial charge on any atom is 0.131 e. The molecule has 72 valence electrons. The molecule has 0 aliphatic carbocycles. The van der Waals surface area contributed by atoms with Gasteiger partial charge in [-0.25, -0.2) is 4.98 Å². The Balaban J connectivity index is 2.36. The third-order valence-electron chi connectivity index (χ3n) is 2.60. The van der Waals surface area contributed by atoms with Crippen LogP contribution in [0.1, 0.15) is 50.4 Å². The molecule has 0 fully saturated rings. The van der Waals surface area contributed by atoms with Crippen LogP contribution in [0, 0.1) is 0 Å². The SMILES string of the molecule is CC(C)c1cn2c(n1)CCCC2O. The van der Waals surface area contributed by atoms with Gasteiger partial charge < -0.3 is 9.67 Å². The van der Waals surface area contributed by atoms with E-state index in [4.69, 9.17) is 0 Å². The van der Waals surface area contributed by atoms with Crippen molar-refractivity contribution in [1.82, 2.24) is 9.55 Å². The van der Waals surface area contributed by atoms with Gasteiger partial charge >= 0.3 is 0 Å². The summed E-state index contributed by atoms with van der Waals surface area (Å²) in [5.74, 6) is 1.49. The zero-order valence-electron chi connectivity index (χ0n) is 8.20. The summed E-state index contributed by atoms with van der Waals surface area (Å²) in [6.07, 6.45) is 4.56. The smallest absolute Gasteiger partial charge is 0.131 e. The quantitative estimate of drug-likeness (QED) is 0.716. The zero-order valence-corrected chi connectivity index (χ0v) is 8.20. The fourth-order valence-electron chi connectivity index (χ4n) is 1.76. The van der Waals surface area contributed by atoms with Crippen molar-refractivity contribution < 1.29 is 5.11 Å². The van der Waals surface area contributed by atoms with Crippen LogP contribution < -0.4 is 0 Å². The number of rotatable bonds is 1. The molecule has 1 unspecified atom stereocenters. The first-order valence-electron chi connectivity index (χ1n) is 4.94. The maximum atomic E-state index is 9.68. The highest BCUT2D eigenvalue weighted by Crippen LogP contribution is 2.24. The first kappa shape index (κ1) is 8.75. The minimum atomic E-state index is -0.344. The van der Waals surface area contributed by atoms with Crippen LogP contribution in [0.4, 0.5) is 0 Å². The summed E-state index contributed by atoms with van der Waals surface area (Å²) < 4.78 is 1.92. The number of aliphatic hydroxyl groups excluding tert-OH is 1. The largest absolute Gasteiger partial charge is 0.373 e. The van der Waals surface area contributed by atoms with E-state index in [1.54, 1.807) is 0 Å². The first-order chi connectivity index (χ1) is 6.18. The van der Waals surface area contributed by atoms with Gasteiger partial charge in [-0.05, 0) is 18.8 Å². The van der Waals surface area contributed by atoms with Crippen molar-refractivity contribution in [3.8, 4) is 0 Å². The van der Waals surface area contributed by atoms with Gasteiger partial charge in [0.2, 0.25) is 0 Å². The van der Waals surface area contributed by atoms with Crippen LogP contribution in [0.15, 0.2) is 6.20 Å². The molecule has 2 rings (SSSR count). The van der Waals surface area contributed by atoms with Gasteiger partial charge in [-0.3, -0.25) is 0 Å². The van der Waals surface area contributed by atoms with Gasteiger partial charge in [-0.2, -0.15) is 0 Å². The van der Waals surface area contributed by atoms with Gasteiger partial charge in [0.25, 0.3) is 0 Å². The number of aryl methyl sites for hydroxylation is 1. The third-order valence-corrected chi connectivity index (χ3v) is 2.60. The predicted octanol–water partition coefficient (Wildman–Crippen LogP) is 1.83. The van der Waals surface area contributed by atoms with Gasteiger partial charge in [0.1, 0.15) is 12.1 Å². The molecule has 1 atom stereocenters. The van der Waals surface area contributed by atoms with Crippen LogP contribution >= 0.6 is 0 Å². The molecule has 13 heavy (non-hydrogen) atoms. The molecule has 0 saturated carbocycles. The molecule has 0 amide bonds. The Hall–Kier alpha value is -0.830. The average molecular weight is 180 g/mol. The number of aliphatic hydroxyl groups is 1. The topological polar surface area (TPSA) is 38.0 Å². The standard InChI is InChI=1S/C10H16N2O/c1-7(2)8-6-12-9(11-8)4-3-5-10(12)13/h6-7,10,13H,3-5H2,1-2H3. The van der Waals surface area contributed by atoms with Gasteiger partial charge in [-0.15, -0.1) is 0 Å². The van der Waals surface area contributed by atoms with E-state index >= 15 is 0 Å². The Morgan fingerprint density at radius 3 is 3.00 bits per heavy atom. The fourth-order valence-corrected chi connectivity index (χ4v) is 1.76. The van der Waals surface area contributed by atoms with Crippen molar-refractivity contribution in [3.63, 3.8) is 0 Å². The normalized spacial score (nSPS) is 22.0. The van der Waals surface area contributed by atoms with E-state index in [0.717, 1.165) is 30.8 Å². The number of fused-ring (bicyclic) bond motifs is 1. The van der Waals surface area contributed by atoms with Crippen molar-refractivity contribution in [2.45, 2.75) is 45.3 Å². The summed E-state index contributed by atoms with van der Waals surface area (Å²) in [6, 6.07) is 0. The van der Waals surface area contributed by atoms with E-state index in [-0.39, 0.29) is 6.23 Å². The molecule has 2 heterocycles. The molecule has 0 spiro atoms. The lowest BCUT2D eigenvalue weighted by molar-refractivity contribution is 0.0780. The first-order valence-corrected chi connectivity index (χ1v) is 4.94. The minimum Gasteiger partial charge on any atom is -0.373 e. The second kappa shape index (κ2) is 3.14. The highest BCUT2D eigenvalue weighted by molar-refractivity contribution is 5.10. The summed E-state index contributed by atoms with van der Waals surface area (Å²) in [4.78, 5) is 4.50. The molecule has 1 aliphatic rings. The molecular formula is C10H16N2O. The minimum absolute atomic E-state index is 0.344. The molecule has 0 radical (unpaired) electrons. The molecule has 1 aromatic rings. The lowest BCUT2D eigenvalue weighted by Crippen LogP contribution is -2.16. The molecule has 0 aromatic carbocycles. The lowest BCUT2D eigenvalue weighted by atomic mass is 10.1. The lowest BCUT2D eigenvalue weighted by Gasteiger charge is -2.19. The molecule has 3 heteroatoms. The summed E-state index contributed by atoms with van der Waals surface area (Å²) >= 11 is 0. The van der Waals surface area contributed by atoms with E-state index < -0.39 is 0 Å². The second-order valence-electron chi connectivity index (χ2n) is 4.02. The Morgan fingerprint density at radius 2 is 2.38 bits per heavy atom. The molecule has 1 aromatic heterocycles. The zero-order chi connectivity index (χ0) is 9.42. The van der Waals surface area contributed by atoms with Crippen molar-refractivity contribution in [2.24, 2.45) is 0 Å². The van der Waals surface area contributed by atoms with Crippen molar-refractivity contribution >= 4 is 0 Å². The van der Waals surface area contributed by atoms with E-state index in [9.17, 15) is 5.11 Å². The Labute approximate surface area is 78.4 Å². The Morgan fingerprint density at radius 1 is 1.62 bits per heavy atom. The molecule has 0 bridgehead atoms. The highest BCUT2D eigenvalue weighted by atomic mass is 16.3. The Kier molecular flexibility index (Phi) is 2.12. The van der Waals surface area contributed by atoms with Crippen molar-refractivity contribution in [3.05, 3.63) is 17.7 Å². The summed E-state index contributed by atoms with van der Waals surface area (Å²) in [5, 5.41) is 9.68. The summed E-state index contributed by atoms with van der Waals surface area (Å²) in [7, 11) is 0. The van der Waals surface area contributed by atoms with Crippen molar-refractivity contribution in [2.75, 3.05) is 0 Å². The number of hydrogen-bond acceptors (Lipinski definition) is 2. The summed E-state index contributed by atoms with van der Waals surface area (Å²) in [5.41, 5.74) is 1.09. The van der Waals surface area contributed by atoms with Crippen LogP contribution in [0.25, 0.3) is 0 Å². The van der Waals surface area contributed by atoms with Crippen LogP contribution in [-0.4, -0.2) is 14.7 Å². The predicted molar refractivity (Wildman–Crippen MR) is 50.5 cm³/mol. The average Bonchev–Trinajstić information content (AvgIpc) is 2.49. The Bertz CT molecular complexity index is 304. The molecule has 0 saturated heterocycles. The third kappa shape index (κ3) is 1.48. The molecular weight excluding hydrogens is 164 g/mol. The number of nitrogens with zero attached hydrogens (tertiary/aromatic N) is 2. The number of aromatic nitrogens is 2. The van der Waals surface area contributed by atoms with Gasteiger partial charge in [-0.1, -0.05) is 13.8 Å². The van der Waals surface area contributed by atoms with Crippen LogP contribution in [-0.2, 0) is 6.42 Å². The number of hydrogen-bond donors (Lipinski definition) is 1. The van der Waals surface area contributed by atoms with E-state index in [0.29, 0.717) is 5.92 Å². The molecule has 1 aliphatic heterocycles. The van der Waals surface area contributed by atoms with Crippen LogP contribution in [0.2, 0.25) is 0 Å². The van der Waals surface area contributed by atoms with Crippen LogP contribution in [0.3, 0.4) is 0 Å². The maximum absolute atomic E-state index is 9.68.